The molecule has 0 saturated carbocycles. The molecule has 5 heteroatoms. The summed E-state index contributed by atoms with van der Waals surface area (Å²) in [6.07, 6.45) is 3.67. The number of rotatable bonds is 5. The Bertz CT molecular complexity index is 660. The van der Waals surface area contributed by atoms with Gasteiger partial charge in [0.05, 0.1) is 5.56 Å². The van der Waals surface area contributed by atoms with Crippen molar-refractivity contribution < 1.29 is 4.74 Å². The second kappa shape index (κ2) is 7.61. The molecule has 1 aliphatic rings. The Morgan fingerprint density at radius 2 is 1.78 bits per heavy atom. The summed E-state index contributed by atoms with van der Waals surface area (Å²) in [4.78, 5) is 8.84. The van der Waals surface area contributed by atoms with E-state index in [4.69, 9.17) is 10.00 Å². The summed E-state index contributed by atoms with van der Waals surface area (Å²) < 4.78 is 5.76. The Balaban J connectivity index is 1.44. The first kappa shape index (κ1) is 15.3. The fraction of sp³-hybridized carbons (Fsp3) is 0.333. The lowest BCUT2D eigenvalue weighted by Crippen LogP contribution is -2.47. The summed E-state index contributed by atoms with van der Waals surface area (Å²) in [7, 11) is 0. The molecule has 2 aromatic rings. The van der Waals surface area contributed by atoms with Crippen molar-refractivity contribution >= 4 is 5.69 Å². The molecule has 1 aliphatic heterocycles. The topological polar surface area (TPSA) is 52.4 Å². The van der Waals surface area contributed by atoms with Crippen LogP contribution in [0.2, 0.25) is 0 Å². The number of hydrogen-bond donors (Lipinski definition) is 0. The van der Waals surface area contributed by atoms with Gasteiger partial charge < -0.3 is 9.64 Å². The van der Waals surface area contributed by atoms with Gasteiger partial charge in [0.1, 0.15) is 18.4 Å². The summed E-state index contributed by atoms with van der Waals surface area (Å²) in [6, 6.07) is 13.6. The summed E-state index contributed by atoms with van der Waals surface area (Å²) in [5.74, 6) is 0.672. The highest BCUT2D eigenvalue weighted by molar-refractivity contribution is 5.45. The molecule has 0 aliphatic carbocycles. The number of benzene rings is 1. The van der Waals surface area contributed by atoms with Crippen LogP contribution in [-0.2, 0) is 0 Å². The van der Waals surface area contributed by atoms with Crippen molar-refractivity contribution in [1.82, 2.24) is 9.88 Å². The SMILES string of the molecule is N#Cc1ccccc1OCCN1CCN(c2ccncc2)CC1. The van der Waals surface area contributed by atoms with Gasteiger partial charge in [-0.05, 0) is 24.3 Å². The fourth-order valence-electron chi connectivity index (χ4n) is 2.75. The predicted molar refractivity (Wildman–Crippen MR) is 89.5 cm³/mol. The van der Waals surface area contributed by atoms with E-state index in [1.165, 1.54) is 5.69 Å². The van der Waals surface area contributed by atoms with Crippen molar-refractivity contribution in [3.8, 4) is 11.8 Å². The molecule has 3 rings (SSSR count). The van der Waals surface area contributed by atoms with E-state index in [1.807, 2.05) is 30.6 Å². The summed E-state index contributed by atoms with van der Waals surface area (Å²) in [5, 5.41) is 9.05. The average molecular weight is 308 g/mol. The number of ether oxygens (including phenoxy) is 1. The van der Waals surface area contributed by atoms with E-state index >= 15 is 0 Å². The third kappa shape index (κ3) is 3.99. The van der Waals surface area contributed by atoms with Crippen molar-refractivity contribution in [3.05, 3.63) is 54.4 Å². The van der Waals surface area contributed by atoms with Crippen LogP contribution in [0.3, 0.4) is 0 Å². The third-order valence-electron chi connectivity index (χ3n) is 4.07. The number of anilines is 1. The summed E-state index contributed by atoms with van der Waals surface area (Å²) >= 11 is 0. The normalized spacial score (nSPS) is 15.2. The molecule has 1 aromatic carbocycles. The van der Waals surface area contributed by atoms with Gasteiger partial charge in [0.15, 0.2) is 0 Å². The molecule has 1 aromatic heterocycles. The zero-order valence-electron chi connectivity index (χ0n) is 13.1. The number of aromatic nitrogens is 1. The molecular formula is C18H20N4O. The Morgan fingerprint density at radius 3 is 2.52 bits per heavy atom. The number of nitriles is 1. The molecular weight excluding hydrogens is 288 g/mol. The van der Waals surface area contributed by atoms with E-state index in [1.54, 1.807) is 6.07 Å². The van der Waals surface area contributed by atoms with Gasteiger partial charge in [0.2, 0.25) is 0 Å². The molecule has 0 unspecified atom stereocenters. The van der Waals surface area contributed by atoms with E-state index in [0.29, 0.717) is 17.9 Å². The maximum absolute atomic E-state index is 9.05. The van der Waals surface area contributed by atoms with E-state index in [0.717, 1.165) is 32.7 Å². The molecule has 1 saturated heterocycles. The van der Waals surface area contributed by atoms with Crippen LogP contribution in [0, 0.1) is 11.3 Å². The van der Waals surface area contributed by atoms with Gasteiger partial charge >= 0.3 is 0 Å². The second-order valence-corrected chi connectivity index (χ2v) is 5.49. The molecule has 5 nitrogen and oxygen atoms in total. The molecule has 0 atom stereocenters. The highest BCUT2D eigenvalue weighted by Crippen LogP contribution is 2.17. The van der Waals surface area contributed by atoms with Crippen LogP contribution >= 0.6 is 0 Å². The Hall–Kier alpha value is -2.58. The zero-order chi connectivity index (χ0) is 15.9. The van der Waals surface area contributed by atoms with Crippen molar-refractivity contribution in [2.24, 2.45) is 0 Å². The number of pyridine rings is 1. The minimum atomic E-state index is 0.593. The number of nitrogens with zero attached hydrogens (tertiary/aromatic N) is 4. The number of hydrogen-bond acceptors (Lipinski definition) is 5. The quantitative estimate of drug-likeness (QED) is 0.847. The maximum atomic E-state index is 9.05. The molecule has 118 valence electrons. The van der Waals surface area contributed by atoms with Crippen molar-refractivity contribution in [2.45, 2.75) is 0 Å². The highest BCUT2D eigenvalue weighted by Gasteiger charge is 2.17. The Morgan fingerprint density at radius 1 is 1.04 bits per heavy atom. The van der Waals surface area contributed by atoms with Gasteiger partial charge in [-0.3, -0.25) is 9.88 Å². The molecule has 1 fully saturated rings. The summed E-state index contributed by atoms with van der Waals surface area (Å²) in [6.45, 7) is 5.55. The third-order valence-corrected chi connectivity index (χ3v) is 4.07. The summed E-state index contributed by atoms with van der Waals surface area (Å²) in [5.41, 5.74) is 1.83. The first-order valence-electron chi connectivity index (χ1n) is 7.86. The van der Waals surface area contributed by atoms with Crippen molar-refractivity contribution in [2.75, 3.05) is 44.2 Å². The van der Waals surface area contributed by atoms with Crippen LogP contribution in [0.25, 0.3) is 0 Å². The van der Waals surface area contributed by atoms with Crippen LogP contribution in [0.15, 0.2) is 48.8 Å². The molecule has 2 heterocycles. The number of para-hydroxylation sites is 1. The van der Waals surface area contributed by atoms with Gasteiger partial charge in [-0.25, -0.2) is 0 Å². The van der Waals surface area contributed by atoms with E-state index in [9.17, 15) is 0 Å². The van der Waals surface area contributed by atoms with Gasteiger partial charge in [-0.2, -0.15) is 5.26 Å². The van der Waals surface area contributed by atoms with Crippen molar-refractivity contribution in [1.29, 1.82) is 5.26 Å². The maximum Gasteiger partial charge on any atom is 0.137 e. The lowest BCUT2D eigenvalue weighted by Gasteiger charge is -2.35. The minimum Gasteiger partial charge on any atom is -0.491 e. The van der Waals surface area contributed by atoms with Crippen molar-refractivity contribution in [3.63, 3.8) is 0 Å². The Labute approximate surface area is 136 Å². The lowest BCUT2D eigenvalue weighted by molar-refractivity contribution is 0.200. The predicted octanol–water partition coefficient (Wildman–Crippen LogP) is 2.15. The first-order valence-corrected chi connectivity index (χ1v) is 7.86. The second-order valence-electron chi connectivity index (χ2n) is 5.49. The highest BCUT2D eigenvalue weighted by atomic mass is 16.5. The van der Waals surface area contributed by atoms with Crippen LogP contribution in [0.1, 0.15) is 5.56 Å². The van der Waals surface area contributed by atoms with Crippen LogP contribution < -0.4 is 9.64 Å². The van der Waals surface area contributed by atoms with Crippen LogP contribution in [0.5, 0.6) is 5.75 Å². The van der Waals surface area contributed by atoms with Gasteiger partial charge in [0, 0.05) is 50.8 Å². The van der Waals surface area contributed by atoms with Gasteiger partial charge in [-0.15, -0.1) is 0 Å². The lowest BCUT2D eigenvalue weighted by atomic mass is 10.2. The molecule has 0 amide bonds. The first-order chi connectivity index (χ1) is 11.4. The molecule has 0 bridgehead atoms. The standard InChI is InChI=1S/C18H20N4O/c19-15-16-3-1-2-4-18(16)23-14-13-21-9-11-22(12-10-21)17-5-7-20-8-6-17/h1-8H,9-14H2. The van der Waals surface area contributed by atoms with Gasteiger partial charge in [-0.1, -0.05) is 12.1 Å². The average Bonchev–Trinajstić information content (AvgIpc) is 2.63. The minimum absolute atomic E-state index is 0.593. The molecule has 23 heavy (non-hydrogen) atoms. The van der Waals surface area contributed by atoms with Gasteiger partial charge in [0.25, 0.3) is 0 Å². The van der Waals surface area contributed by atoms with Crippen LogP contribution in [0.4, 0.5) is 5.69 Å². The van der Waals surface area contributed by atoms with Crippen LogP contribution in [-0.4, -0.2) is 49.2 Å². The van der Waals surface area contributed by atoms with E-state index in [2.05, 4.69) is 33.0 Å². The molecule has 0 N–H and O–H groups in total. The largest absolute Gasteiger partial charge is 0.491 e. The Kier molecular flexibility index (Phi) is 5.07. The van der Waals surface area contributed by atoms with E-state index < -0.39 is 0 Å². The fourth-order valence-corrected chi connectivity index (χ4v) is 2.75. The smallest absolute Gasteiger partial charge is 0.137 e. The van der Waals surface area contributed by atoms with E-state index in [-0.39, 0.29) is 0 Å². The number of piperazine rings is 1. The monoisotopic (exact) mass is 308 g/mol. The molecule has 0 radical (unpaired) electrons. The molecule has 0 spiro atoms. The zero-order valence-corrected chi connectivity index (χ0v) is 13.1.